The van der Waals surface area contributed by atoms with Crippen LogP contribution >= 0.6 is 31.9 Å². The van der Waals surface area contributed by atoms with E-state index >= 15 is 0 Å². The van der Waals surface area contributed by atoms with Gasteiger partial charge in [0.25, 0.3) is 0 Å². The Balaban J connectivity index is 2.10. The summed E-state index contributed by atoms with van der Waals surface area (Å²) in [4.78, 5) is 15.3. The number of aromatic amines is 1. The Kier molecular flexibility index (Phi) is 4.08. The molecule has 0 saturated heterocycles. The monoisotopic (exact) mass is 403 g/mol. The first-order valence-corrected chi connectivity index (χ1v) is 7.97. The minimum absolute atomic E-state index is 0.00964. The summed E-state index contributed by atoms with van der Waals surface area (Å²) < 4.78 is 2.02. The normalized spacial score (nSPS) is 10.6. The van der Waals surface area contributed by atoms with Gasteiger partial charge in [0, 0.05) is 32.5 Å². The Morgan fingerprint density at radius 3 is 1.43 bits per heavy atom. The van der Waals surface area contributed by atoms with Crippen LogP contribution in [0.5, 0.6) is 0 Å². The van der Waals surface area contributed by atoms with Gasteiger partial charge in [-0.25, -0.2) is 0 Å². The smallest absolute Gasteiger partial charge is 0.182 e. The van der Waals surface area contributed by atoms with Crippen LogP contribution in [-0.2, 0) is 0 Å². The van der Waals surface area contributed by atoms with E-state index in [-0.39, 0.29) is 5.43 Å². The largest absolute Gasteiger partial charge is 0.354 e. The average Bonchev–Trinajstić information content (AvgIpc) is 2.48. The van der Waals surface area contributed by atoms with Crippen molar-refractivity contribution in [3.05, 3.63) is 79.8 Å². The Labute approximate surface area is 139 Å². The molecule has 1 heterocycles. The predicted octanol–water partition coefficient (Wildman–Crippen LogP) is 5.23. The molecule has 0 amide bonds. The highest BCUT2D eigenvalue weighted by Crippen LogP contribution is 2.23. The van der Waals surface area contributed by atoms with Gasteiger partial charge in [0.05, 0.1) is 0 Å². The third-order valence-electron chi connectivity index (χ3n) is 3.15. The molecule has 0 aliphatic rings. The number of halogens is 2. The van der Waals surface area contributed by atoms with Gasteiger partial charge in [-0.1, -0.05) is 56.1 Å². The molecule has 2 nitrogen and oxygen atoms in total. The predicted molar refractivity (Wildman–Crippen MR) is 93.3 cm³/mol. The fourth-order valence-electron chi connectivity index (χ4n) is 2.11. The number of nitrogens with one attached hydrogen (secondary N) is 1. The van der Waals surface area contributed by atoms with Crippen molar-refractivity contribution in [3.63, 3.8) is 0 Å². The van der Waals surface area contributed by atoms with Crippen LogP contribution in [-0.4, -0.2) is 4.98 Å². The molecule has 0 fully saturated rings. The molecule has 0 bridgehead atoms. The molecule has 3 rings (SSSR count). The van der Waals surface area contributed by atoms with E-state index in [1.54, 1.807) is 12.1 Å². The van der Waals surface area contributed by atoms with Gasteiger partial charge in [0.2, 0.25) is 0 Å². The zero-order chi connectivity index (χ0) is 14.8. The Hall–Kier alpha value is -1.65. The lowest BCUT2D eigenvalue weighted by Gasteiger charge is -2.07. The van der Waals surface area contributed by atoms with Gasteiger partial charge in [-0.05, 0) is 35.4 Å². The maximum atomic E-state index is 12.0. The molecule has 1 N–H and O–H groups in total. The zero-order valence-corrected chi connectivity index (χ0v) is 14.1. The molecule has 2 aromatic carbocycles. The van der Waals surface area contributed by atoms with Gasteiger partial charge in [0.1, 0.15) is 0 Å². The summed E-state index contributed by atoms with van der Waals surface area (Å²) in [7, 11) is 0. The second-order valence-electron chi connectivity index (χ2n) is 4.66. The van der Waals surface area contributed by atoms with Gasteiger partial charge in [-0.3, -0.25) is 4.79 Å². The third kappa shape index (κ3) is 3.34. The highest BCUT2D eigenvalue weighted by atomic mass is 79.9. The van der Waals surface area contributed by atoms with Crippen LogP contribution in [0.3, 0.4) is 0 Å². The molecule has 0 aliphatic carbocycles. The van der Waals surface area contributed by atoms with Gasteiger partial charge in [-0.2, -0.15) is 0 Å². The number of benzene rings is 2. The van der Waals surface area contributed by atoms with E-state index in [2.05, 4.69) is 36.8 Å². The quantitative estimate of drug-likeness (QED) is 0.622. The zero-order valence-electron chi connectivity index (χ0n) is 10.9. The first kappa shape index (κ1) is 14.3. The minimum atomic E-state index is -0.00964. The number of hydrogen-bond donors (Lipinski definition) is 1. The average molecular weight is 405 g/mol. The van der Waals surface area contributed by atoms with Crippen LogP contribution in [0, 0.1) is 0 Å². The SMILES string of the molecule is O=c1cc(-c2ccc(Br)cc2)[nH]c(-c2ccc(Br)cc2)c1. The van der Waals surface area contributed by atoms with Crippen molar-refractivity contribution in [2.75, 3.05) is 0 Å². The van der Waals surface area contributed by atoms with Crippen LogP contribution in [0.2, 0.25) is 0 Å². The van der Waals surface area contributed by atoms with Gasteiger partial charge >= 0.3 is 0 Å². The Bertz CT molecular complexity index is 754. The Morgan fingerprint density at radius 1 is 0.667 bits per heavy atom. The summed E-state index contributed by atoms with van der Waals surface area (Å²) in [6, 6.07) is 19.0. The van der Waals surface area contributed by atoms with Crippen LogP contribution in [0.25, 0.3) is 22.5 Å². The second kappa shape index (κ2) is 6.00. The minimum Gasteiger partial charge on any atom is -0.354 e. The van der Waals surface area contributed by atoms with Crippen molar-refractivity contribution in [3.8, 4) is 22.5 Å². The fraction of sp³-hybridized carbons (Fsp3) is 0. The van der Waals surface area contributed by atoms with Crippen molar-refractivity contribution in [2.24, 2.45) is 0 Å². The van der Waals surface area contributed by atoms with Crippen LogP contribution in [0.15, 0.2) is 74.4 Å². The molecule has 1 aromatic heterocycles. The van der Waals surface area contributed by atoms with Crippen molar-refractivity contribution in [1.29, 1.82) is 0 Å². The molecule has 21 heavy (non-hydrogen) atoms. The van der Waals surface area contributed by atoms with Crippen molar-refractivity contribution >= 4 is 31.9 Å². The second-order valence-corrected chi connectivity index (χ2v) is 6.49. The molecule has 4 heteroatoms. The maximum Gasteiger partial charge on any atom is 0.182 e. The summed E-state index contributed by atoms with van der Waals surface area (Å²) in [5.41, 5.74) is 3.58. The molecule has 0 unspecified atom stereocenters. The molecule has 3 aromatic rings. The van der Waals surface area contributed by atoms with E-state index in [0.29, 0.717) is 0 Å². The lowest BCUT2D eigenvalue weighted by atomic mass is 10.1. The van der Waals surface area contributed by atoms with E-state index in [1.807, 2.05) is 48.5 Å². The number of H-pyrrole nitrogens is 1. The third-order valence-corrected chi connectivity index (χ3v) is 4.21. The lowest BCUT2D eigenvalue weighted by molar-refractivity contribution is 1.30. The first-order chi connectivity index (χ1) is 10.1. The highest BCUT2D eigenvalue weighted by Gasteiger charge is 2.04. The van der Waals surface area contributed by atoms with E-state index in [1.165, 1.54) is 0 Å². The maximum absolute atomic E-state index is 12.0. The summed E-state index contributed by atoms with van der Waals surface area (Å²) in [6.45, 7) is 0. The van der Waals surface area contributed by atoms with Crippen LogP contribution < -0.4 is 5.43 Å². The number of rotatable bonds is 2. The van der Waals surface area contributed by atoms with E-state index in [9.17, 15) is 4.79 Å². The molecule has 0 aliphatic heterocycles. The van der Waals surface area contributed by atoms with E-state index in [0.717, 1.165) is 31.5 Å². The first-order valence-electron chi connectivity index (χ1n) is 6.38. The number of pyridine rings is 1. The lowest BCUT2D eigenvalue weighted by Crippen LogP contribution is -2.01. The van der Waals surface area contributed by atoms with E-state index < -0.39 is 0 Å². The fourth-order valence-corrected chi connectivity index (χ4v) is 2.64. The summed E-state index contributed by atoms with van der Waals surface area (Å²) in [5, 5.41) is 0. The molecule has 0 atom stereocenters. The Morgan fingerprint density at radius 2 is 1.05 bits per heavy atom. The van der Waals surface area contributed by atoms with Crippen molar-refractivity contribution < 1.29 is 0 Å². The highest BCUT2D eigenvalue weighted by molar-refractivity contribution is 9.10. The molecule has 0 saturated carbocycles. The number of aromatic nitrogens is 1. The van der Waals surface area contributed by atoms with Crippen molar-refractivity contribution in [1.82, 2.24) is 4.98 Å². The summed E-state index contributed by atoms with van der Waals surface area (Å²) in [6.07, 6.45) is 0. The van der Waals surface area contributed by atoms with Crippen LogP contribution in [0.4, 0.5) is 0 Å². The summed E-state index contributed by atoms with van der Waals surface area (Å²) >= 11 is 6.83. The molecule has 104 valence electrons. The molecular weight excluding hydrogens is 394 g/mol. The number of hydrogen-bond acceptors (Lipinski definition) is 1. The molecule has 0 radical (unpaired) electrons. The van der Waals surface area contributed by atoms with Gasteiger partial charge in [0.15, 0.2) is 5.43 Å². The topological polar surface area (TPSA) is 32.9 Å². The van der Waals surface area contributed by atoms with Gasteiger partial charge in [-0.15, -0.1) is 0 Å². The van der Waals surface area contributed by atoms with E-state index in [4.69, 9.17) is 0 Å². The van der Waals surface area contributed by atoms with Crippen molar-refractivity contribution in [2.45, 2.75) is 0 Å². The standard InChI is InChI=1S/C17H11Br2NO/c18-13-5-1-11(2-6-13)16-9-15(21)10-17(20-16)12-3-7-14(19)8-4-12/h1-10H,(H,20,21). The summed E-state index contributed by atoms with van der Waals surface area (Å²) in [5.74, 6) is 0. The molecular formula is C17H11Br2NO. The van der Waals surface area contributed by atoms with Crippen LogP contribution in [0.1, 0.15) is 0 Å². The molecule has 0 spiro atoms. The van der Waals surface area contributed by atoms with Gasteiger partial charge < -0.3 is 4.98 Å².